The normalized spacial score (nSPS) is 12.7. The van der Waals surface area contributed by atoms with Crippen LogP contribution in [-0.2, 0) is 16.6 Å². The number of hydrogen-bond acceptors (Lipinski definition) is 3. The second kappa shape index (κ2) is 6.25. The third kappa shape index (κ3) is 3.93. The van der Waals surface area contributed by atoms with Gasteiger partial charge in [0, 0.05) is 33.7 Å². The van der Waals surface area contributed by atoms with Crippen molar-refractivity contribution in [2.75, 3.05) is 18.6 Å². The zero-order valence-corrected chi connectivity index (χ0v) is 10.2. The van der Waals surface area contributed by atoms with E-state index in [2.05, 4.69) is 0 Å². The largest absolute Gasteiger partial charge is 0.330 e. The highest BCUT2D eigenvalue weighted by molar-refractivity contribution is 7.98. The lowest BCUT2D eigenvalue weighted by Gasteiger charge is -2.04. The maximum Gasteiger partial charge on any atom is 0.136 e. The second-order valence-electron chi connectivity index (χ2n) is 3.05. The van der Waals surface area contributed by atoms with Gasteiger partial charge in [-0.25, -0.2) is 4.39 Å². The first kappa shape index (κ1) is 12.7. The van der Waals surface area contributed by atoms with Crippen LogP contribution in [0, 0.1) is 5.82 Å². The van der Waals surface area contributed by atoms with Crippen molar-refractivity contribution < 1.29 is 8.60 Å². The van der Waals surface area contributed by atoms with Crippen molar-refractivity contribution >= 4 is 22.6 Å². The molecule has 84 valence electrons. The fourth-order valence-corrected chi connectivity index (χ4v) is 2.67. The van der Waals surface area contributed by atoms with E-state index in [0.717, 1.165) is 5.56 Å². The highest BCUT2D eigenvalue weighted by Gasteiger charge is 2.05. The average Bonchev–Trinajstić information content (AvgIpc) is 2.21. The summed E-state index contributed by atoms with van der Waals surface area (Å²) >= 11 is 1.35. The Morgan fingerprint density at radius 3 is 2.87 bits per heavy atom. The molecule has 2 nitrogen and oxygen atoms in total. The zero-order chi connectivity index (χ0) is 11.3. The molecular weight excluding hydrogens is 233 g/mol. The summed E-state index contributed by atoms with van der Waals surface area (Å²) in [6.07, 6.45) is 1.82. The van der Waals surface area contributed by atoms with Gasteiger partial charge in [-0.3, -0.25) is 4.21 Å². The smallest absolute Gasteiger partial charge is 0.136 e. The minimum absolute atomic E-state index is 0.226. The summed E-state index contributed by atoms with van der Waals surface area (Å²) in [6.45, 7) is 0.420. The van der Waals surface area contributed by atoms with Crippen LogP contribution in [0.4, 0.5) is 4.39 Å². The van der Waals surface area contributed by atoms with Gasteiger partial charge >= 0.3 is 0 Å². The molecule has 2 N–H and O–H groups in total. The van der Waals surface area contributed by atoms with Gasteiger partial charge in [0.05, 0.1) is 0 Å². The molecule has 0 saturated heterocycles. The van der Waals surface area contributed by atoms with E-state index in [9.17, 15) is 8.60 Å². The molecule has 0 spiro atoms. The molecule has 0 fully saturated rings. The fraction of sp³-hybridized carbons (Fsp3) is 0.400. The van der Waals surface area contributed by atoms with Gasteiger partial charge in [0.1, 0.15) is 5.82 Å². The van der Waals surface area contributed by atoms with Crippen molar-refractivity contribution in [3.05, 3.63) is 29.6 Å². The molecule has 5 heteroatoms. The summed E-state index contributed by atoms with van der Waals surface area (Å²) in [6, 6.07) is 4.83. The van der Waals surface area contributed by atoms with Crippen molar-refractivity contribution in [1.82, 2.24) is 0 Å². The van der Waals surface area contributed by atoms with Crippen LogP contribution in [0.1, 0.15) is 5.56 Å². The number of rotatable bonds is 5. The fourth-order valence-electron chi connectivity index (χ4n) is 1.18. The summed E-state index contributed by atoms with van der Waals surface area (Å²) in [7, 11) is -0.945. The molecule has 0 aromatic heterocycles. The van der Waals surface area contributed by atoms with Crippen LogP contribution < -0.4 is 5.73 Å². The Morgan fingerprint density at radius 2 is 2.27 bits per heavy atom. The first-order valence-corrected chi connectivity index (χ1v) is 7.26. The van der Waals surface area contributed by atoms with Gasteiger partial charge in [-0.1, -0.05) is 6.07 Å². The number of nitrogens with two attached hydrogens (primary N) is 1. The molecule has 1 aromatic rings. The van der Waals surface area contributed by atoms with Crippen molar-refractivity contribution in [1.29, 1.82) is 0 Å². The van der Waals surface area contributed by atoms with Crippen LogP contribution in [0.2, 0.25) is 0 Å². The number of hydrogen-bond donors (Lipinski definition) is 1. The lowest BCUT2D eigenvalue weighted by molar-refractivity contribution is 0.601. The Bertz CT molecular complexity index is 357. The SMILES string of the molecule is CSc1cc(CS(=O)CCN)ccc1F. The van der Waals surface area contributed by atoms with Crippen LogP contribution in [0.25, 0.3) is 0 Å². The van der Waals surface area contributed by atoms with E-state index in [1.54, 1.807) is 12.1 Å². The summed E-state index contributed by atoms with van der Waals surface area (Å²) < 4.78 is 24.6. The van der Waals surface area contributed by atoms with Crippen molar-refractivity contribution in [3.8, 4) is 0 Å². The summed E-state index contributed by atoms with van der Waals surface area (Å²) in [4.78, 5) is 0.595. The molecule has 1 aromatic carbocycles. The van der Waals surface area contributed by atoms with E-state index >= 15 is 0 Å². The molecule has 0 aliphatic heterocycles. The molecule has 0 aliphatic carbocycles. The number of benzene rings is 1. The number of halogens is 1. The highest BCUT2D eigenvalue weighted by atomic mass is 32.2. The van der Waals surface area contributed by atoms with Crippen LogP contribution in [-0.4, -0.2) is 22.8 Å². The topological polar surface area (TPSA) is 43.1 Å². The van der Waals surface area contributed by atoms with Crippen LogP contribution in [0.15, 0.2) is 23.1 Å². The average molecular weight is 247 g/mol. The van der Waals surface area contributed by atoms with E-state index in [0.29, 0.717) is 22.9 Å². The molecule has 0 aliphatic rings. The maximum absolute atomic E-state index is 13.1. The van der Waals surface area contributed by atoms with Crippen LogP contribution >= 0.6 is 11.8 Å². The molecule has 0 amide bonds. The van der Waals surface area contributed by atoms with Gasteiger partial charge in [0.2, 0.25) is 0 Å². The van der Waals surface area contributed by atoms with Crippen molar-refractivity contribution in [3.63, 3.8) is 0 Å². The van der Waals surface area contributed by atoms with Gasteiger partial charge in [0.15, 0.2) is 0 Å². The Labute approximate surface area is 95.9 Å². The molecular formula is C10H14FNOS2. The standard InChI is InChI=1S/C10H14FNOS2/c1-14-10-6-8(2-3-9(10)11)7-15(13)5-4-12/h2-3,6H,4-5,7,12H2,1H3. The predicted molar refractivity (Wildman–Crippen MR) is 63.9 cm³/mol. The van der Waals surface area contributed by atoms with E-state index in [1.807, 2.05) is 6.26 Å². The lowest BCUT2D eigenvalue weighted by atomic mass is 10.2. The van der Waals surface area contributed by atoms with Gasteiger partial charge in [-0.15, -0.1) is 11.8 Å². The van der Waals surface area contributed by atoms with Crippen LogP contribution in [0.5, 0.6) is 0 Å². The number of thioether (sulfide) groups is 1. The Balaban J connectivity index is 2.74. The van der Waals surface area contributed by atoms with Crippen molar-refractivity contribution in [2.45, 2.75) is 10.6 Å². The summed E-state index contributed by atoms with van der Waals surface area (Å²) in [5.74, 6) is 0.715. The summed E-state index contributed by atoms with van der Waals surface area (Å²) in [5.41, 5.74) is 6.20. The Kier molecular flexibility index (Phi) is 5.28. The van der Waals surface area contributed by atoms with Gasteiger partial charge in [0.25, 0.3) is 0 Å². The van der Waals surface area contributed by atoms with E-state index in [4.69, 9.17) is 5.73 Å². The maximum atomic E-state index is 13.1. The second-order valence-corrected chi connectivity index (χ2v) is 5.47. The van der Waals surface area contributed by atoms with Gasteiger partial charge in [-0.05, 0) is 24.0 Å². The zero-order valence-electron chi connectivity index (χ0n) is 8.53. The molecule has 1 rings (SSSR count). The first-order chi connectivity index (χ1) is 7.17. The minimum Gasteiger partial charge on any atom is -0.330 e. The lowest BCUT2D eigenvalue weighted by Crippen LogP contribution is -2.11. The highest BCUT2D eigenvalue weighted by Crippen LogP contribution is 2.21. The van der Waals surface area contributed by atoms with Gasteiger partial charge in [-0.2, -0.15) is 0 Å². The predicted octanol–water partition coefficient (Wildman–Crippen LogP) is 1.76. The Hall–Kier alpha value is -0.390. The van der Waals surface area contributed by atoms with E-state index in [-0.39, 0.29) is 5.82 Å². The molecule has 1 unspecified atom stereocenters. The monoisotopic (exact) mass is 247 g/mol. The molecule has 0 bridgehead atoms. The van der Waals surface area contributed by atoms with Crippen LogP contribution in [0.3, 0.4) is 0 Å². The molecule has 0 radical (unpaired) electrons. The third-order valence-electron chi connectivity index (χ3n) is 1.89. The Morgan fingerprint density at radius 1 is 1.53 bits per heavy atom. The third-order valence-corrected chi connectivity index (χ3v) is 3.99. The van der Waals surface area contributed by atoms with Crippen molar-refractivity contribution in [2.24, 2.45) is 5.73 Å². The minimum atomic E-state index is -0.945. The van der Waals surface area contributed by atoms with Gasteiger partial charge < -0.3 is 5.73 Å². The first-order valence-electron chi connectivity index (χ1n) is 4.55. The molecule has 1 atom stereocenters. The molecule has 15 heavy (non-hydrogen) atoms. The summed E-state index contributed by atoms with van der Waals surface area (Å²) in [5, 5.41) is 0. The van der Waals surface area contributed by atoms with E-state index < -0.39 is 10.8 Å². The molecule has 0 saturated carbocycles. The van der Waals surface area contributed by atoms with E-state index in [1.165, 1.54) is 17.8 Å². The quantitative estimate of drug-likeness (QED) is 0.806. The molecule has 0 heterocycles.